The zero-order valence-corrected chi connectivity index (χ0v) is 16.9. The topological polar surface area (TPSA) is 104 Å². The third-order valence-corrected chi connectivity index (χ3v) is 5.93. The summed E-state index contributed by atoms with van der Waals surface area (Å²) in [6.45, 7) is 4.85. The van der Waals surface area contributed by atoms with E-state index < -0.39 is 5.82 Å². The van der Waals surface area contributed by atoms with E-state index in [0.717, 1.165) is 17.6 Å². The molecule has 1 aliphatic heterocycles. The number of fused-ring (bicyclic) bond motifs is 1. The fourth-order valence-electron chi connectivity index (χ4n) is 3.40. The molecule has 0 spiro atoms. The Labute approximate surface area is 170 Å². The van der Waals surface area contributed by atoms with Crippen molar-refractivity contribution in [3.63, 3.8) is 0 Å². The van der Waals surface area contributed by atoms with E-state index in [-0.39, 0.29) is 30.4 Å². The number of carbonyl (C=O) groups is 1. The van der Waals surface area contributed by atoms with E-state index in [1.165, 1.54) is 17.4 Å². The van der Waals surface area contributed by atoms with Gasteiger partial charge in [0.05, 0.1) is 17.2 Å². The van der Waals surface area contributed by atoms with Crippen molar-refractivity contribution in [3.05, 3.63) is 40.5 Å². The lowest BCUT2D eigenvalue weighted by molar-refractivity contribution is 0.0778. The Balaban J connectivity index is 1.66. The molecule has 1 fully saturated rings. The Hall–Kier alpha value is -2.72. The molecular weight excluding hydrogens is 395 g/mol. The summed E-state index contributed by atoms with van der Waals surface area (Å²) >= 11 is 1.38. The number of thiazole rings is 1. The van der Waals surface area contributed by atoms with Gasteiger partial charge in [0, 0.05) is 31.8 Å². The minimum Gasteiger partial charge on any atom is -0.396 e. The molecule has 0 aromatic carbocycles. The molecular formula is C19H21FN6O2S. The summed E-state index contributed by atoms with van der Waals surface area (Å²) in [5.74, 6) is -0.274. The predicted molar refractivity (Wildman–Crippen MR) is 107 cm³/mol. The molecule has 0 aliphatic carbocycles. The first-order valence-corrected chi connectivity index (χ1v) is 10.2. The molecule has 1 aliphatic rings. The van der Waals surface area contributed by atoms with Gasteiger partial charge < -0.3 is 15.3 Å². The Kier molecular flexibility index (Phi) is 5.37. The largest absolute Gasteiger partial charge is 0.396 e. The van der Waals surface area contributed by atoms with Crippen LogP contribution in [0.15, 0.2) is 18.5 Å². The molecule has 1 amide bonds. The third kappa shape index (κ3) is 4.03. The number of rotatable bonds is 5. The highest BCUT2D eigenvalue weighted by molar-refractivity contribution is 7.18. The molecule has 1 saturated heterocycles. The maximum atomic E-state index is 13.5. The fraction of sp³-hybridized carbons (Fsp3) is 0.421. The molecule has 0 bridgehead atoms. The van der Waals surface area contributed by atoms with Gasteiger partial charge in [-0.3, -0.25) is 9.78 Å². The first-order valence-electron chi connectivity index (χ1n) is 9.37. The van der Waals surface area contributed by atoms with E-state index >= 15 is 0 Å². The van der Waals surface area contributed by atoms with E-state index in [1.807, 2.05) is 13.8 Å². The van der Waals surface area contributed by atoms with Crippen molar-refractivity contribution in [2.75, 3.05) is 25.0 Å². The predicted octanol–water partition coefficient (Wildman–Crippen LogP) is 2.56. The van der Waals surface area contributed by atoms with Crippen LogP contribution in [0.3, 0.4) is 0 Å². The van der Waals surface area contributed by atoms with E-state index in [1.54, 1.807) is 11.1 Å². The number of likely N-dealkylation sites (tertiary alicyclic amines) is 1. The number of halogens is 1. The van der Waals surface area contributed by atoms with E-state index in [2.05, 4.69) is 25.3 Å². The second kappa shape index (κ2) is 7.96. The number of pyridine rings is 1. The van der Waals surface area contributed by atoms with Crippen LogP contribution in [0.5, 0.6) is 0 Å². The monoisotopic (exact) mass is 416 g/mol. The fourth-order valence-corrected chi connectivity index (χ4v) is 4.24. The van der Waals surface area contributed by atoms with Gasteiger partial charge in [-0.1, -0.05) is 0 Å². The molecule has 2 N–H and O–H groups in total. The van der Waals surface area contributed by atoms with Crippen molar-refractivity contribution in [3.8, 4) is 0 Å². The van der Waals surface area contributed by atoms with Crippen LogP contribution < -0.4 is 5.32 Å². The first kappa shape index (κ1) is 19.6. The van der Waals surface area contributed by atoms with Gasteiger partial charge in [0.2, 0.25) is 5.95 Å². The average molecular weight is 416 g/mol. The SMILES string of the molecule is Cc1nc2nc(NC(C)c3cncc(F)c3)nc(C(=O)N3CC[C@@H](CO)C3)c2s1. The van der Waals surface area contributed by atoms with Gasteiger partial charge in [-0.2, -0.15) is 4.98 Å². The molecule has 3 aromatic rings. The third-order valence-electron chi connectivity index (χ3n) is 4.97. The van der Waals surface area contributed by atoms with Crippen molar-refractivity contribution in [1.29, 1.82) is 0 Å². The maximum absolute atomic E-state index is 13.5. The van der Waals surface area contributed by atoms with Crippen LogP contribution in [0.1, 0.15) is 40.4 Å². The molecule has 4 heterocycles. The number of anilines is 1. The molecule has 3 aromatic heterocycles. The van der Waals surface area contributed by atoms with Crippen LogP contribution in [0.2, 0.25) is 0 Å². The molecule has 1 unspecified atom stereocenters. The summed E-state index contributed by atoms with van der Waals surface area (Å²) < 4.78 is 14.1. The highest BCUT2D eigenvalue weighted by Crippen LogP contribution is 2.28. The van der Waals surface area contributed by atoms with Gasteiger partial charge in [0.25, 0.3) is 5.91 Å². The molecule has 0 saturated carbocycles. The quantitative estimate of drug-likeness (QED) is 0.659. The summed E-state index contributed by atoms with van der Waals surface area (Å²) in [6, 6.07) is 1.07. The number of aromatic nitrogens is 4. The second-order valence-corrected chi connectivity index (χ2v) is 8.38. The number of amides is 1. The van der Waals surface area contributed by atoms with Gasteiger partial charge in [-0.15, -0.1) is 11.3 Å². The molecule has 4 rings (SSSR count). The van der Waals surface area contributed by atoms with Crippen molar-refractivity contribution in [2.24, 2.45) is 5.92 Å². The Morgan fingerprint density at radius 1 is 1.41 bits per heavy atom. The number of nitrogens with one attached hydrogen (secondary N) is 1. The standard InChI is InChI=1S/C19H21FN6O2S/c1-10(13-5-14(20)7-21-6-13)22-19-24-15(16-17(25-19)23-11(2)29-16)18(28)26-4-3-12(8-26)9-27/h5-7,10,12,27H,3-4,8-9H2,1-2H3,(H,22,24,25)/t10?,12-/m1/s1. The molecule has 2 atom stereocenters. The molecule has 8 nitrogen and oxygen atoms in total. The van der Waals surface area contributed by atoms with E-state index in [9.17, 15) is 14.3 Å². The van der Waals surface area contributed by atoms with Crippen molar-refractivity contribution >= 4 is 33.5 Å². The van der Waals surface area contributed by atoms with Gasteiger partial charge >= 0.3 is 0 Å². The normalized spacial score (nSPS) is 17.7. The minimum atomic E-state index is -0.425. The number of aliphatic hydroxyl groups is 1. The summed E-state index contributed by atoms with van der Waals surface area (Å²) in [4.78, 5) is 32.0. The molecule has 10 heteroatoms. The average Bonchev–Trinajstić information content (AvgIpc) is 3.32. The highest BCUT2D eigenvalue weighted by Gasteiger charge is 2.29. The number of carbonyl (C=O) groups excluding carboxylic acids is 1. The lowest BCUT2D eigenvalue weighted by Gasteiger charge is -2.18. The lowest BCUT2D eigenvalue weighted by Crippen LogP contribution is -2.30. The van der Waals surface area contributed by atoms with Crippen LogP contribution in [0.25, 0.3) is 10.3 Å². The van der Waals surface area contributed by atoms with Crippen LogP contribution in [0.4, 0.5) is 10.3 Å². The summed E-state index contributed by atoms with van der Waals surface area (Å²) in [5, 5.41) is 13.3. The van der Waals surface area contributed by atoms with Crippen LogP contribution >= 0.6 is 11.3 Å². The number of hydrogen-bond acceptors (Lipinski definition) is 8. The van der Waals surface area contributed by atoms with Crippen LogP contribution in [0, 0.1) is 18.7 Å². The summed E-state index contributed by atoms with van der Waals surface area (Å²) in [6.07, 6.45) is 3.48. The van der Waals surface area contributed by atoms with Crippen LogP contribution in [-0.2, 0) is 0 Å². The molecule has 0 radical (unpaired) electrons. The highest BCUT2D eigenvalue weighted by atomic mass is 32.1. The van der Waals surface area contributed by atoms with Crippen molar-refractivity contribution in [1.82, 2.24) is 24.8 Å². The lowest BCUT2D eigenvalue weighted by atomic mass is 10.1. The van der Waals surface area contributed by atoms with Gasteiger partial charge in [-0.25, -0.2) is 14.4 Å². The van der Waals surface area contributed by atoms with E-state index in [4.69, 9.17) is 0 Å². The zero-order valence-electron chi connectivity index (χ0n) is 16.1. The number of aliphatic hydroxyl groups excluding tert-OH is 1. The minimum absolute atomic E-state index is 0.0641. The maximum Gasteiger partial charge on any atom is 0.274 e. The van der Waals surface area contributed by atoms with Crippen molar-refractivity contribution < 1.29 is 14.3 Å². The smallest absolute Gasteiger partial charge is 0.274 e. The number of hydrogen-bond donors (Lipinski definition) is 2. The number of nitrogens with zero attached hydrogens (tertiary/aromatic N) is 5. The zero-order chi connectivity index (χ0) is 20.5. The first-order chi connectivity index (χ1) is 13.9. The van der Waals surface area contributed by atoms with Gasteiger partial charge in [0.1, 0.15) is 10.5 Å². The Morgan fingerprint density at radius 3 is 2.97 bits per heavy atom. The number of aryl methyl sites for hydroxylation is 1. The van der Waals surface area contributed by atoms with Crippen LogP contribution in [-0.4, -0.2) is 55.5 Å². The molecule has 152 valence electrons. The van der Waals surface area contributed by atoms with E-state index in [0.29, 0.717) is 34.7 Å². The Bertz CT molecular complexity index is 1060. The Morgan fingerprint density at radius 2 is 2.24 bits per heavy atom. The van der Waals surface area contributed by atoms with Crippen molar-refractivity contribution in [2.45, 2.75) is 26.3 Å². The second-order valence-electron chi connectivity index (χ2n) is 7.17. The summed E-state index contributed by atoms with van der Waals surface area (Å²) in [7, 11) is 0. The molecule has 29 heavy (non-hydrogen) atoms. The van der Waals surface area contributed by atoms with Gasteiger partial charge in [-0.05, 0) is 31.9 Å². The summed E-state index contributed by atoms with van der Waals surface area (Å²) in [5.41, 5.74) is 1.39. The van der Waals surface area contributed by atoms with Gasteiger partial charge in [0.15, 0.2) is 11.3 Å².